The molecule has 0 radical (unpaired) electrons. The van der Waals surface area contributed by atoms with Gasteiger partial charge in [-0.05, 0) is 30.3 Å². The van der Waals surface area contributed by atoms with E-state index >= 15 is 0 Å². The van der Waals surface area contributed by atoms with E-state index < -0.39 is 17.8 Å². The monoisotopic (exact) mass is 332 g/mol. The molecule has 2 aromatic carbocycles. The van der Waals surface area contributed by atoms with E-state index in [4.69, 9.17) is 4.74 Å². The first-order valence-electron chi connectivity index (χ1n) is 6.93. The van der Waals surface area contributed by atoms with Crippen LogP contribution in [-0.4, -0.2) is 11.1 Å². The molecule has 7 heteroatoms. The van der Waals surface area contributed by atoms with Gasteiger partial charge in [0.1, 0.15) is 5.75 Å². The number of aromatic nitrogens is 1. The van der Waals surface area contributed by atoms with Crippen LogP contribution in [0.1, 0.15) is 5.56 Å². The van der Waals surface area contributed by atoms with Crippen LogP contribution in [-0.2, 0) is 6.18 Å². The Morgan fingerprint density at radius 3 is 2.62 bits per heavy atom. The van der Waals surface area contributed by atoms with E-state index in [1.54, 1.807) is 24.4 Å². The quantitative estimate of drug-likeness (QED) is 0.729. The summed E-state index contributed by atoms with van der Waals surface area (Å²) in [6.07, 6.45) is -4.00. The van der Waals surface area contributed by atoms with Crippen molar-refractivity contribution in [1.29, 1.82) is 0 Å². The SMILES string of the molecule is O=C(Nc1ccccc1C(F)(F)F)Oc1ccc2cccnc2c1. The van der Waals surface area contributed by atoms with Crippen molar-refractivity contribution in [1.82, 2.24) is 4.98 Å². The van der Waals surface area contributed by atoms with Gasteiger partial charge >= 0.3 is 12.3 Å². The van der Waals surface area contributed by atoms with Gasteiger partial charge in [-0.15, -0.1) is 0 Å². The summed E-state index contributed by atoms with van der Waals surface area (Å²) in [6.45, 7) is 0. The molecule has 1 heterocycles. The number of hydrogen-bond donors (Lipinski definition) is 1. The van der Waals surface area contributed by atoms with Crippen LogP contribution in [0.15, 0.2) is 60.8 Å². The molecule has 3 aromatic rings. The molecule has 0 aliphatic rings. The van der Waals surface area contributed by atoms with E-state index in [-0.39, 0.29) is 11.4 Å². The van der Waals surface area contributed by atoms with Crippen LogP contribution in [0.4, 0.5) is 23.7 Å². The number of rotatable bonds is 2. The van der Waals surface area contributed by atoms with E-state index in [1.807, 2.05) is 6.07 Å². The third kappa shape index (κ3) is 3.45. The summed E-state index contributed by atoms with van der Waals surface area (Å²) in [7, 11) is 0. The molecule has 0 unspecified atom stereocenters. The van der Waals surface area contributed by atoms with Gasteiger partial charge < -0.3 is 4.74 Å². The van der Waals surface area contributed by atoms with E-state index in [0.717, 1.165) is 17.5 Å². The van der Waals surface area contributed by atoms with Crippen molar-refractivity contribution in [2.45, 2.75) is 6.18 Å². The van der Waals surface area contributed by atoms with Crippen molar-refractivity contribution in [3.05, 3.63) is 66.4 Å². The number of carbonyl (C=O) groups is 1. The fourth-order valence-electron chi connectivity index (χ4n) is 2.19. The summed E-state index contributed by atoms with van der Waals surface area (Å²) in [5.74, 6) is 0.184. The highest BCUT2D eigenvalue weighted by Crippen LogP contribution is 2.34. The number of pyridine rings is 1. The standard InChI is InChI=1S/C17H11F3N2O2/c18-17(19,20)13-5-1-2-6-14(13)22-16(23)24-12-8-7-11-4-3-9-21-15(11)10-12/h1-10H,(H,22,23). The van der Waals surface area contributed by atoms with E-state index in [1.165, 1.54) is 18.2 Å². The molecule has 0 saturated heterocycles. The Labute approximate surface area is 134 Å². The molecule has 122 valence electrons. The van der Waals surface area contributed by atoms with Crippen molar-refractivity contribution in [3.8, 4) is 5.75 Å². The van der Waals surface area contributed by atoms with Gasteiger partial charge in [-0.3, -0.25) is 10.3 Å². The van der Waals surface area contributed by atoms with Crippen molar-refractivity contribution in [3.63, 3.8) is 0 Å². The number of ether oxygens (including phenoxy) is 1. The second-order valence-corrected chi connectivity index (χ2v) is 4.92. The zero-order chi connectivity index (χ0) is 17.2. The maximum Gasteiger partial charge on any atom is 0.418 e. The average molecular weight is 332 g/mol. The molecule has 1 aromatic heterocycles. The first kappa shape index (κ1) is 15.8. The Morgan fingerprint density at radius 1 is 1.04 bits per heavy atom. The van der Waals surface area contributed by atoms with Gasteiger partial charge in [0.05, 0.1) is 16.8 Å². The molecular weight excluding hydrogens is 321 g/mol. The van der Waals surface area contributed by atoms with Crippen LogP contribution in [0.3, 0.4) is 0 Å². The summed E-state index contributed by atoms with van der Waals surface area (Å²) in [4.78, 5) is 16.0. The molecule has 0 atom stereocenters. The topological polar surface area (TPSA) is 51.2 Å². The Kier molecular flexibility index (Phi) is 4.07. The second-order valence-electron chi connectivity index (χ2n) is 4.92. The number of halogens is 3. The van der Waals surface area contributed by atoms with Crippen molar-refractivity contribution < 1.29 is 22.7 Å². The Balaban J connectivity index is 1.78. The molecule has 3 rings (SSSR count). The first-order valence-corrected chi connectivity index (χ1v) is 6.93. The van der Waals surface area contributed by atoms with E-state index in [9.17, 15) is 18.0 Å². The molecule has 0 spiro atoms. The number of hydrogen-bond acceptors (Lipinski definition) is 3. The predicted molar refractivity (Wildman–Crippen MR) is 82.8 cm³/mol. The molecule has 0 saturated carbocycles. The Hall–Kier alpha value is -3.09. The maximum atomic E-state index is 12.9. The Morgan fingerprint density at radius 2 is 1.83 bits per heavy atom. The minimum absolute atomic E-state index is 0.184. The number of fused-ring (bicyclic) bond motifs is 1. The highest BCUT2D eigenvalue weighted by atomic mass is 19.4. The molecule has 1 N–H and O–H groups in total. The largest absolute Gasteiger partial charge is 0.418 e. The number of para-hydroxylation sites is 1. The molecule has 0 fully saturated rings. The lowest BCUT2D eigenvalue weighted by Gasteiger charge is -2.13. The first-order chi connectivity index (χ1) is 11.4. The normalized spacial score (nSPS) is 11.3. The van der Waals surface area contributed by atoms with Gasteiger partial charge in [0, 0.05) is 17.6 Å². The zero-order valence-electron chi connectivity index (χ0n) is 12.2. The number of anilines is 1. The van der Waals surface area contributed by atoms with Crippen LogP contribution < -0.4 is 10.1 Å². The molecule has 24 heavy (non-hydrogen) atoms. The number of alkyl halides is 3. The lowest BCUT2D eigenvalue weighted by atomic mass is 10.2. The van der Waals surface area contributed by atoms with Gasteiger partial charge in [-0.1, -0.05) is 18.2 Å². The lowest BCUT2D eigenvalue weighted by molar-refractivity contribution is -0.136. The van der Waals surface area contributed by atoms with Crippen LogP contribution >= 0.6 is 0 Å². The van der Waals surface area contributed by atoms with Gasteiger partial charge in [-0.2, -0.15) is 13.2 Å². The van der Waals surface area contributed by atoms with Crippen LogP contribution in [0.25, 0.3) is 10.9 Å². The van der Waals surface area contributed by atoms with Gasteiger partial charge in [0.2, 0.25) is 0 Å². The summed E-state index contributed by atoms with van der Waals surface area (Å²) < 4.78 is 43.7. The van der Waals surface area contributed by atoms with Gasteiger partial charge in [-0.25, -0.2) is 4.79 Å². The van der Waals surface area contributed by atoms with Gasteiger partial charge in [0.15, 0.2) is 0 Å². The Bertz CT molecular complexity index is 894. The fourth-order valence-corrected chi connectivity index (χ4v) is 2.19. The van der Waals surface area contributed by atoms with Crippen molar-refractivity contribution in [2.75, 3.05) is 5.32 Å². The highest BCUT2D eigenvalue weighted by Gasteiger charge is 2.33. The van der Waals surface area contributed by atoms with E-state index in [2.05, 4.69) is 10.3 Å². The maximum absolute atomic E-state index is 12.9. The molecule has 0 aliphatic carbocycles. The lowest BCUT2D eigenvalue weighted by Crippen LogP contribution is -2.19. The summed E-state index contributed by atoms with van der Waals surface area (Å²) in [5.41, 5.74) is -0.700. The molecule has 0 aliphatic heterocycles. The van der Waals surface area contributed by atoms with Crippen LogP contribution in [0, 0.1) is 0 Å². The third-order valence-electron chi connectivity index (χ3n) is 3.26. The minimum Gasteiger partial charge on any atom is -0.410 e. The minimum atomic E-state index is -4.57. The number of amides is 1. The number of benzene rings is 2. The molecule has 1 amide bonds. The van der Waals surface area contributed by atoms with Crippen molar-refractivity contribution in [2.24, 2.45) is 0 Å². The average Bonchev–Trinajstić information content (AvgIpc) is 2.54. The van der Waals surface area contributed by atoms with Gasteiger partial charge in [0.25, 0.3) is 0 Å². The number of carbonyl (C=O) groups excluding carboxylic acids is 1. The predicted octanol–water partition coefficient (Wildman–Crippen LogP) is 4.86. The zero-order valence-corrected chi connectivity index (χ0v) is 12.2. The summed E-state index contributed by atoms with van der Waals surface area (Å²) >= 11 is 0. The van der Waals surface area contributed by atoms with Crippen LogP contribution in [0.5, 0.6) is 5.75 Å². The third-order valence-corrected chi connectivity index (χ3v) is 3.26. The number of nitrogens with one attached hydrogen (secondary N) is 1. The second kappa shape index (κ2) is 6.19. The molecule has 0 bridgehead atoms. The van der Waals surface area contributed by atoms with E-state index in [0.29, 0.717) is 5.52 Å². The smallest absolute Gasteiger partial charge is 0.410 e. The van der Waals surface area contributed by atoms with Crippen molar-refractivity contribution >= 4 is 22.7 Å². The fraction of sp³-hybridized carbons (Fsp3) is 0.0588. The highest BCUT2D eigenvalue weighted by molar-refractivity contribution is 5.88. The molecule has 4 nitrogen and oxygen atoms in total. The molecular formula is C17H11F3N2O2. The summed E-state index contributed by atoms with van der Waals surface area (Å²) in [5, 5.41) is 2.97. The summed E-state index contributed by atoms with van der Waals surface area (Å²) in [6, 6.07) is 13.1. The van der Waals surface area contributed by atoms with Crippen LogP contribution in [0.2, 0.25) is 0 Å². The number of nitrogens with zero attached hydrogens (tertiary/aromatic N) is 1.